The van der Waals surface area contributed by atoms with Gasteiger partial charge in [0, 0.05) is 23.7 Å². The van der Waals surface area contributed by atoms with E-state index in [4.69, 9.17) is 23.2 Å². The summed E-state index contributed by atoms with van der Waals surface area (Å²) in [6.45, 7) is 0. The summed E-state index contributed by atoms with van der Waals surface area (Å²) in [6, 6.07) is 8.21. The van der Waals surface area contributed by atoms with E-state index in [2.05, 4.69) is 10.3 Å². The van der Waals surface area contributed by atoms with E-state index in [9.17, 15) is 19.7 Å². The summed E-state index contributed by atoms with van der Waals surface area (Å²) < 4.78 is 0. The zero-order valence-electron chi connectivity index (χ0n) is 12.4. The van der Waals surface area contributed by atoms with Crippen LogP contribution in [0.1, 0.15) is 10.4 Å². The number of pyridine rings is 1. The molecule has 0 saturated heterocycles. The van der Waals surface area contributed by atoms with Crippen LogP contribution in [0.5, 0.6) is 0 Å². The Balaban J connectivity index is 1.96. The fraction of sp³-hybridized carbons (Fsp3) is 0. The first-order valence-corrected chi connectivity index (χ1v) is 7.68. The van der Waals surface area contributed by atoms with Crippen molar-refractivity contribution in [2.45, 2.75) is 0 Å². The molecule has 0 saturated carbocycles. The molecule has 7 nitrogen and oxygen atoms in total. The van der Waals surface area contributed by atoms with Gasteiger partial charge in [-0.05, 0) is 29.7 Å². The largest absolute Gasteiger partial charge is 0.329 e. The van der Waals surface area contributed by atoms with E-state index in [1.165, 1.54) is 24.4 Å². The minimum absolute atomic E-state index is 0.0555. The number of hydrogen-bond donors (Lipinski definition) is 2. The van der Waals surface area contributed by atoms with E-state index in [1.54, 1.807) is 12.1 Å². The molecule has 0 unspecified atom stereocenters. The van der Waals surface area contributed by atoms with Crippen LogP contribution in [0.15, 0.2) is 47.4 Å². The molecule has 0 atom stereocenters. The number of aromatic nitrogens is 1. The van der Waals surface area contributed by atoms with Gasteiger partial charge < -0.3 is 10.3 Å². The average Bonchev–Trinajstić information content (AvgIpc) is 2.56. The van der Waals surface area contributed by atoms with Crippen LogP contribution in [-0.4, -0.2) is 15.8 Å². The SMILES string of the molecule is O=C(Nc1cc2cc[nH]c(=O)c2cc1Cl)c1ccc([N+](=O)[O-])cc1Cl. The lowest BCUT2D eigenvalue weighted by molar-refractivity contribution is -0.384. The first-order chi connectivity index (χ1) is 11.9. The molecular formula is C16H9Cl2N3O4. The molecule has 9 heteroatoms. The summed E-state index contributed by atoms with van der Waals surface area (Å²) in [5, 5.41) is 14.4. The van der Waals surface area contributed by atoms with E-state index in [-0.39, 0.29) is 26.9 Å². The average molecular weight is 378 g/mol. The maximum Gasteiger partial charge on any atom is 0.270 e. The first kappa shape index (κ1) is 16.9. The van der Waals surface area contributed by atoms with Gasteiger partial charge in [-0.15, -0.1) is 0 Å². The predicted octanol–water partition coefficient (Wildman–Crippen LogP) is 4.00. The number of nitro groups is 1. The number of fused-ring (bicyclic) bond motifs is 1. The molecule has 0 fully saturated rings. The quantitative estimate of drug-likeness (QED) is 0.531. The molecule has 0 radical (unpaired) electrons. The molecular weight excluding hydrogens is 369 g/mol. The predicted molar refractivity (Wildman–Crippen MR) is 95.6 cm³/mol. The zero-order chi connectivity index (χ0) is 18.1. The highest BCUT2D eigenvalue weighted by molar-refractivity contribution is 6.36. The smallest absolute Gasteiger partial charge is 0.270 e. The van der Waals surface area contributed by atoms with Crippen LogP contribution >= 0.6 is 23.2 Å². The number of nitrogens with zero attached hydrogens (tertiary/aromatic N) is 1. The summed E-state index contributed by atoms with van der Waals surface area (Å²) in [5.74, 6) is -0.578. The number of benzene rings is 2. The zero-order valence-corrected chi connectivity index (χ0v) is 13.9. The van der Waals surface area contributed by atoms with Crippen molar-refractivity contribution in [2.24, 2.45) is 0 Å². The van der Waals surface area contributed by atoms with Crippen molar-refractivity contribution < 1.29 is 9.72 Å². The fourth-order valence-electron chi connectivity index (χ4n) is 2.30. The molecule has 0 aliphatic heterocycles. The minimum Gasteiger partial charge on any atom is -0.329 e. The van der Waals surface area contributed by atoms with Crippen molar-refractivity contribution in [3.63, 3.8) is 0 Å². The van der Waals surface area contributed by atoms with Crippen LogP contribution in [0.3, 0.4) is 0 Å². The molecule has 3 aromatic rings. The van der Waals surface area contributed by atoms with Crippen molar-refractivity contribution in [1.29, 1.82) is 0 Å². The standard InChI is InChI=1S/C16H9Cl2N3O4/c17-12-6-9(21(24)25)1-2-10(12)16(23)20-14-5-8-3-4-19-15(22)11(8)7-13(14)18/h1-7H,(H,19,22)(H,20,23). The van der Waals surface area contributed by atoms with Crippen molar-refractivity contribution >= 4 is 51.3 Å². The number of nitrogens with one attached hydrogen (secondary N) is 2. The lowest BCUT2D eigenvalue weighted by Crippen LogP contribution is -2.13. The Bertz CT molecular complexity index is 1080. The number of hydrogen-bond acceptors (Lipinski definition) is 4. The number of rotatable bonds is 3. The fourth-order valence-corrected chi connectivity index (χ4v) is 2.77. The monoisotopic (exact) mass is 377 g/mol. The van der Waals surface area contributed by atoms with Crippen molar-refractivity contribution in [3.05, 3.63) is 78.7 Å². The van der Waals surface area contributed by atoms with Gasteiger partial charge in [-0.25, -0.2) is 0 Å². The molecule has 0 aliphatic rings. The summed E-state index contributed by atoms with van der Waals surface area (Å²) in [6.07, 6.45) is 1.48. The maximum absolute atomic E-state index is 12.4. The highest BCUT2D eigenvalue weighted by Gasteiger charge is 2.16. The van der Waals surface area contributed by atoms with E-state index >= 15 is 0 Å². The van der Waals surface area contributed by atoms with Crippen molar-refractivity contribution in [3.8, 4) is 0 Å². The lowest BCUT2D eigenvalue weighted by atomic mass is 10.1. The molecule has 0 aliphatic carbocycles. The molecule has 126 valence electrons. The molecule has 25 heavy (non-hydrogen) atoms. The number of H-pyrrole nitrogens is 1. The maximum atomic E-state index is 12.4. The van der Waals surface area contributed by atoms with Crippen molar-refractivity contribution in [2.75, 3.05) is 5.32 Å². The number of carbonyl (C=O) groups excluding carboxylic acids is 1. The second-order valence-electron chi connectivity index (χ2n) is 5.10. The van der Waals surface area contributed by atoms with Crippen LogP contribution in [-0.2, 0) is 0 Å². The summed E-state index contributed by atoms with van der Waals surface area (Å²) in [7, 11) is 0. The Morgan fingerprint density at radius 3 is 2.56 bits per heavy atom. The topological polar surface area (TPSA) is 105 Å². The van der Waals surface area contributed by atoms with E-state index in [1.807, 2.05) is 0 Å². The van der Waals surface area contributed by atoms with Gasteiger partial charge in [-0.1, -0.05) is 23.2 Å². The van der Waals surface area contributed by atoms with Crippen LogP contribution < -0.4 is 10.9 Å². The molecule has 0 bridgehead atoms. The molecule has 2 aromatic carbocycles. The van der Waals surface area contributed by atoms with Gasteiger partial charge in [0.25, 0.3) is 17.2 Å². The molecule has 2 N–H and O–H groups in total. The molecule has 0 spiro atoms. The van der Waals surface area contributed by atoms with Gasteiger partial charge in [-0.2, -0.15) is 0 Å². The number of amides is 1. The Kier molecular flexibility index (Phi) is 4.43. The Morgan fingerprint density at radius 1 is 1.12 bits per heavy atom. The number of aromatic amines is 1. The third kappa shape index (κ3) is 3.33. The van der Waals surface area contributed by atoms with Gasteiger partial charge >= 0.3 is 0 Å². The second kappa shape index (κ2) is 6.54. The summed E-state index contributed by atoms with van der Waals surface area (Å²) in [5.41, 5.74) is -0.159. The van der Waals surface area contributed by atoms with Crippen LogP contribution in [0, 0.1) is 10.1 Å². The number of halogens is 2. The minimum atomic E-state index is -0.606. The van der Waals surface area contributed by atoms with Gasteiger partial charge in [0.15, 0.2) is 0 Å². The molecule has 3 rings (SSSR count). The van der Waals surface area contributed by atoms with Gasteiger partial charge in [0.2, 0.25) is 0 Å². The molecule has 1 amide bonds. The second-order valence-corrected chi connectivity index (χ2v) is 5.92. The lowest BCUT2D eigenvalue weighted by Gasteiger charge is -2.09. The normalized spacial score (nSPS) is 10.6. The summed E-state index contributed by atoms with van der Waals surface area (Å²) in [4.78, 5) is 36.8. The Morgan fingerprint density at radius 2 is 1.88 bits per heavy atom. The van der Waals surface area contributed by atoms with Crippen LogP contribution in [0.4, 0.5) is 11.4 Å². The third-order valence-electron chi connectivity index (χ3n) is 3.52. The van der Waals surface area contributed by atoms with Gasteiger partial charge in [-0.3, -0.25) is 19.7 Å². The van der Waals surface area contributed by atoms with Crippen molar-refractivity contribution in [1.82, 2.24) is 4.98 Å². The molecule has 1 aromatic heterocycles. The van der Waals surface area contributed by atoms with E-state index < -0.39 is 10.8 Å². The van der Waals surface area contributed by atoms with E-state index in [0.29, 0.717) is 16.5 Å². The highest BCUT2D eigenvalue weighted by atomic mass is 35.5. The number of carbonyl (C=O) groups is 1. The van der Waals surface area contributed by atoms with Gasteiger partial charge in [0.1, 0.15) is 0 Å². The summed E-state index contributed by atoms with van der Waals surface area (Å²) >= 11 is 12.1. The Labute approximate surface area is 150 Å². The first-order valence-electron chi connectivity index (χ1n) is 6.93. The number of nitro benzene ring substituents is 1. The molecule has 1 heterocycles. The number of anilines is 1. The Hall–Kier alpha value is -2.90. The van der Waals surface area contributed by atoms with E-state index in [0.717, 1.165) is 6.07 Å². The van der Waals surface area contributed by atoms with Crippen LogP contribution in [0.2, 0.25) is 10.0 Å². The van der Waals surface area contributed by atoms with Gasteiger partial charge in [0.05, 0.1) is 26.2 Å². The number of non-ortho nitro benzene ring substituents is 1. The highest BCUT2D eigenvalue weighted by Crippen LogP contribution is 2.28. The van der Waals surface area contributed by atoms with Crippen LogP contribution in [0.25, 0.3) is 10.8 Å². The third-order valence-corrected chi connectivity index (χ3v) is 4.14.